The van der Waals surface area contributed by atoms with Gasteiger partial charge in [0.05, 0.1) is 4.92 Å². The number of nitro benzene ring substituents is 1. The molecule has 2 rings (SSSR count). The van der Waals surface area contributed by atoms with Gasteiger partial charge in [-0.05, 0) is 23.8 Å². The lowest BCUT2D eigenvalue weighted by Gasteiger charge is -2.08. The minimum atomic E-state index is -0.746. The van der Waals surface area contributed by atoms with E-state index in [1.807, 2.05) is 6.07 Å². The molecule has 0 atom stereocenters. The normalized spacial score (nSPS) is 10.2. The molecule has 0 aliphatic heterocycles. The van der Waals surface area contributed by atoms with Crippen molar-refractivity contribution in [2.75, 3.05) is 0 Å². The number of nitrogens with zero attached hydrogens (tertiary/aromatic N) is 1. The van der Waals surface area contributed by atoms with Crippen LogP contribution in [0.3, 0.4) is 0 Å². The standard InChI is InChI=1S/C13H9BrFNO3/c14-10-4-1-3-9(7-10)8-19-13-11(15)5-2-6-12(13)16(17)18/h1-7H,8H2. The Kier molecular flexibility index (Phi) is 4.11. The number of ether oxygens (including phenoxy) is 1. The lowest BCUT2D eigenvalue weighted by molar-refractivity contribution is -0.386. The second-order valence-corrected chi connectivity index (χ2v) is 4.68. The lowest BCUT2D eigenvalue weighted by atomic mass is 10.2. The van der Waals surface area contributed by atoms with Gasteiger partial charge < -0.3 is 4.74 Å². The van der Waals surface area contributed by atoms with Crippen LogP contribution in [0.5, 0.6) is 5.75 Å². The van der Waals surface area contributed by atoms with Gasteiger partial charge >= 0.3 is 5.69 Å². The summed E-state index contributed by atoms with van der Waals surface area (Å²) in [5.74, 6) is -1.09. The van der Waals surface area contributed by atoms with E-state index in [9.17, 15) is 14.5 Å². The Hall–Kier alpha value is -1.95. The Morgan fingerprint density at radius 2 is 2.00 bits per heavy atom. The monoisotopic (exact) mass is 325 g/mol. The van der Waals surface area contributed by atoms with Crippen LogP contribution in [0, 0.1) is 15.9 Å². The molecule has 0 saturated carbocycles. The number of benzene rings is 2. The fourth-order valence-electron chi connectivity index (χ4n) is 1.57. The highest BCUT2D eigenvalue weighted by Gasteiger charge is 2.19. The summed E-state index contributed by atoms with van der Waals surface area (Å²) in [6.45, 7) is 0.0568. The van der Waals surface area contributed by atoms with Crippen molar-refractivity contribution in [1.29, 1.82) is 0 Å². The predicted octanol–water partition coefficient (Wildman–Crippen LogP) is 4.08. The zero-order valence-electron chi connectivity index (χ0n) is 9.68. The highest BCUT2D eigenvalue weighted by molar-refractivity contribution is 9.10. The molecule has 0 fully saturated rings. The molecule has 0 N–H and O–H groups in total. The molecule has 0 bridgehead atoms. The molecule has 2 aromatic carbocycles. The van der Waals surface area contributed by atoms with Gasteiger partial charge in [0, 0.05) is 10.5 Å². The van der Waals surface area contributed by atoms with E-state index in [1.165, 1.54) is 12.1 Å². The second kappa shape index (κ2) is 5.79. The molecule has 0 spiro atoms. The number of para-hydroxylation sites is 1. The summed E-state index contributed by atoms with van der Waals surface area (Å²) in [5, 5.41) is 10.8. The largest absolute Gasteiger partial charge is 0.480 e. The number of hydrogen-bond donors (Lipinski definition) is 0. The van der Waals surface area contributed by atoms with Crippen LogP contribution in [-0.4, -0.2) is 4.92 Å². The third-order valence-electron chi connectivity index (χ3n) is 2.42. The van der Waals surface area contributed by atoms with E-state index < -0.39 is 10.7 Å². The van der Waals surface area contributed by atoms with E-state index in [-0.39, 0.29) is 18.0 Å². The van der Waals surface area contributed by atoms with Gasteiger partial charge in [0.1, 0.15) is 6.61 Å². The Bertz CT molecular complexity index is 619. The van der Waals surface area contributed by atoms with Gasteiger partial charge in [0.25, 0.3) is 0 Å². The zero-order valence-corrected chi connectivity index (χ0v) is 11.3. The molecule has 2 aromatic rings. The van der Waals surface area contributed by atoms with Crippen LogP contribution in [-0.2, 0) is 6.61 Å². The minimum absolute atomic E-state index is 0.0568. The van der Waals surface area contributed by atoms with E-state index >= 15 is 0 Å². The first-order chi connectivity index (χ1) is 9.08. The molecule has 0 unspecified atom stereocenters. The van der Waals surface area contributed by atoms with Gasteiger partial charge in [0.2, 0.25) is 5.75 Å². The molecule has 98 valence electrons. The summed E-state index contributed by atoms with van der Waals surface area (Å²) < 4.78 is 19.6. The average molecular weight is 326 g/mol. The molecule has 0 aliphatic rings. The number of nitro groups is 1. The number of halogens is 2. The van der Waals surface area contributed by atoms with E-state index in [0.29, 0.717) is 0 Å². The van der Waals surface area contributed by atoms with E-state index in [2.05, 4.69) is 15.9 Å². The summed E-state index contributed by atoms with van der Waals surface area (Å²) in [6.07, 6.45) is 0. The summed E-state index contributed by atoms with van der Waals surface area (Å²) in [5.41, 5.74) is 0.405. The van der Waals surface area contributed by atoms with Crippen LogP contribution >= 0.6 is 15.9 Å². The quantitative estimate of drug-likeness (QED) is 0.628. The molecule has 4 nitrogen and oxygen atoms in total. The maximum absolute atomic E-state index is 13.6. The van der Waals surface area contributed by atoms with Crippen molar-refractivity contribution in [3.05, 3.63) is 68.4 Å². The van der Waals surface area contributed by atoms with Gasteiger partial charge in [-0.15, -0.1) is 0 Å². The zero-order chi connectivity index (χ0) is 13.8. The SMILES string of the molecule is O=[N+]([O-])c1cccc(F)c1OCc1cccc(Br)c1. The van der Waals surface area contributed by atoms with Crippen molar-refractivity contribution in [3.8, 4) is 5.75 Å². The second-order valence-electron chi connectivity index (χ2n) is 3.76. The number of rotatable bonds is 4. The molecular weight excluding hydrogens is 317 g/mol. The van der Waals surface area contributed by atoms with Crippen LogP contribution < -0.4 is 4.74 Å². The average Bonchev–Trinajstić information content (AvgIpc) is 2.37. The Balaban J connectivity index is 2.22. The maximum Gasteiger partial charge on any atom is 0.314 e. The Morgan fingerprint density at radius 1 is 1.26 bits per heavy atom. The van der Waals surface area contributed by atoms with Crippen LogP contribution in [0.4, 0.5) is 10.1 Å². The van der Waals surface area contributed by atoms with Gasteiger partial charge in [-0.3, -0.25) is 10.1 Å². The topological polar surface area (TPSA) is 52.4 Å². The molecule has 0 amide bonds. The molecule has 19 heavy (non-hydrogen) atoms. The summed E-state index contributed by atoms with van der Waals surface area (Å²) in [4.78, 5) is 10.1. The van der Waals surface area contributed by atoms with Crippen molar-refractivity contribution < 1.29 is 14.1 Å². The summed E-state index contributed by atoms with van der Waals surface area (Å²) in [6, 6.07) is 10.8. The molecule has 0 heterocycles. The molecule has 0 aliphatic carbocycles. The highest BCUT2D eigenvalue weighted by atomic mass is 79.9. The van der Waals surface area contributed by atoms with E-state index in [0.717, 1.165) is 16.1 Å². The third kappa shape index (κ3) is 3.29. The first-order valence-electron chi connectivity index (χ1n) is 5.38. The molecule has 0 aromatic heterocycles. The van der Waals surface area contributed by atoms with Crippen molar-refractivity contribution in [2.45, 2.75) is 6.61 Å². The first kappa shape index (κ1) is 13.5. The Morgan fingerprint density at radius 3 is 2.68 bits per heavy atom. The van der Waals surface area contributed by atoms with Crippen LogP contribution in [0.15, 0.2) is 46.9 Å². The summed E-state index contributed by atoms with van der Waals surface area (Å²) in [7, 11) is 0. The van der Waals surface area contributed by atoms with Gasteiger partial charge in [-0.25, -0.2) is 4.39 Å². The van der Waals surface area contributed by atoms with Crippen LogP contribution in [0.1, 0.15) is 5.56 Å². The fourth-order valence-corrected chi connectivity index (χ4v) is 2.01. The van der Waals surface area contributed by atoms with Crippen molar-refractivity contribution in [2.24, 2.45) is 0 Å². The fraction of sp³-hybridized carbons (Fsp3) is 0.0769. The highest BCUT2D eigenvalue weighted by Crippen LogP contribution is 2.30. The van der Waals surface area contributed by atoms with Crippen LogP contribution in [0.2, 0.25) is 0 Å². The lowest BCUT2D eigenvalue weighted by Crippen LogP contribution is -2.01. The summed E-state index contributed by atoms with van der Waals surface area (Å²) >= 11 is 3.30. The van der Waals surface area contributed by atoms with Crippen molar-refractivity contribution in [1.82, 2.24) is 0 Å². The maximum atomic E-state index is 13.6. The van der Waals surface area contributed by atoms with Crippen molar-refractivity contribution >= 4 is 21.6 Å². The van der Waals surface area contributed by atoms with Crippen molar-refractivity contribution in [3.63, 3.8) is 0 Å². The molecular formula is C13H9BrFNO3. The van der Waals surface area contributed by atoms with Crippen LogP contribution in [0.25, 0.3) is 0 Å². The van der Waals surface area contributed by atoms with Gasteiger partial charge in [-0.2, -0.15) is 0 Å². The smallest absolute Gasteiger partial charge is 0.314 e. The third-order valence-corrected chi connectivity index (χ3v) is 2.91. The molecule has 6 heteroatoms. The van der Waals surface area contributed by atoms with Gasteiger partial charge in [0.15, 0.2) is 5.82 Å². The van der Waals surface area contributed by atoms with E-state index in [4.69, 9.17) is 4.74 Å². The number of hydrogen-bond acceptors (Lipinski definition) is 3. The molecule has 0 radical (unpaired) electrons. The predicted molar refractivity (Wildman–Crippen MR) is 71.5 cm³/mol. The van der Waals surface area contributed by atoms with Gasteiger partial charge in [-0.1, -0.05) is 34.1 Å². The van der Waals surface area contributed by atoms with E-state index in [1.54, 1.807) is 18.2 Å². The molecule has 0 saturated heterocycles. The first-order valence-corrected chi connectivity index (χ1v) is 6.17. The minimum Gasteiger partial charge on any atom is -0.480 e. The Labute approximate surface area is 117 Å².